The van der Waals surface area contributed by atoms with Crippen LogP contribution in [0.4, 0.5) is 15.0 Å². The number of aromatic nitrogens is 3. The molecule has 3 aromatic rings. The largest absolute Gasteiger partial charge is 0.484 e. The number of halogens is 1. The van der Waals surface area contributed by atoms with Crippen LogP contribution >= 0.6 is 0 Å². The summed E-state index contributed by atoms with van der Waals surface area (Å²) < 4.78 is 33.1. The van der Waals surface area contributed by atoms with E-state index in [9.17, 15) is 14.0 Å². The van der Waals surface area contributed by atoms with E-state index in [2.05, 4.69) is 20.7 Å². The molecule has 0 aliphatic carbocycles. The van der Waals surface area contributed by atoms with Crippen LogP contribution in [0, 0.1) is 5.82 Å². The van der Waals surface area contributed by atoms with E-state index in [0.717, 1.165) is 5.56 Å². The van der Waals surface area contributed by atoms with Crippen LogP contribution in [-0.2, 0) is 15.9 Å². The molecule has 3 heterocycles. The monoisotopic (exact) mass is 527 g/mol. The van der Waals surface area contributed by atoms with Crippen LogP contribution in [0.15, 0.2) is 30.6 Å². The lowest BCUT2D eigenvalue weighted by Crippen LogP contribution is -2.47. The van der Waals surface area contributed by atoms with Crippen molar-refractivity contribution in [3.63, 3.8) is 0 Å². The van der Waals surface area contributed by atoms with Crippen molar-refractivity contribution in [3.05, 3.63) is 53.1 Å². The summed E-state index contributed by atoms with van der Waals surface area (Å²) in [6, 6.07) is 4.23. The molecule has 10 nitrogen and oxygen atoms in total. The number of nitrogens with one attached hydrogen (secondary N) is 2. The molecule has 0 fully saturated rings. The molecule has 204 valence electrons. The van der Waals surface area contributed by atoms with E-state index in [0.29, 0.717) is 35.6 Å². The van der Waals surface area contributed by atoms with Crippen LogP contribution < -0.4 is 15.4 Å². The Morgan fingerprint density at radius 3 is 2.74 bits per heavy atom. The van der Waals surface area contributed by atoms with E-state index < -0.39 is 29.3 Å². The van der Waals surface area contributed by atoms with E-state index in [-0.39, 0.29) is 24.5 Å². The van der Waals surface area contributed by atoms with Crippen LogP contribution in [0.5, 0.6) is 5.75 Å². The van der Waals surface area contributed by atoms with Gasteiger partial charge in [-0.15, -0.1) is 0 Å². The predicted octanol–water partition coefficient (Wildman–Crippen LogP) is 4.83. The summed E-state index contributed by atoms with van der Waals surface area (Å²) in [5.41, 5.74) is 0.595. The van der Waals surface area contributed by atoms with Crippen molar-refractivity contribution < 1.29 is 28.2 Å². The van der Waals surface area contributed by atoms with Crippen LogP contribution in [0.2, 0.25) is 0 Å². The first-order valence-electron chi connectivity index (χ1n) is 12.7. The number of nitrogens with zero attached hydrogens (tertiary/aromatic N) is 3. The SMILES string of the molecule is CCOC(=O)c1cnn2ccc(N[C@H](C)c3cc(F)cc4c3OC(CC)(CNC(=O)OC(C)(C)C)C4)nc12. The Labute approximate surface area is 220 Å². The third kappa shape index (κ3) is 5.81. The molecule has 1 aliphatic rings. The molecular weight excluding hydrogens is 493 g/mol. The van der Waals surface area contributed by atoms with Gasteiger partial charge in [0.1, 0.15) is 34.2 Å². The fourth-order valence-electron chi connectivity index (χ4n) is 4.42. The molecule has 0 bridgehead atoms. The summed E-state index contributed by atoms with van der Waals surface area (Å²) in [6.07, 6.45) is 3.59. The molecule has 0 saturated heterocycles. The first-order chi connectivity index (χ1) is 17.9. The van der Waals surface area contributed by atoms with E-state index in [4.69, 9.17) is 14.2 Å². The minimum atomic E-state index is -0.731. The predicted molar refractivity (Wildman–Crippen MR) is 139 cm³/mol. The second-order valence-electron chi connectivity index (χ2n) is 10.4. The molecule has 38 heavy (non-hydrogen) atoms. The van der Waals surface area contributed by atoms with Crippen LogP contribution in [0.25, 0.3) is 5.65 Å². The van der Waals surface area contributed by atoms with E-state index in [1.54, 1.807) is 40.0 Å². The van der Waals surface area contributed by atoms with Crippen LogP contribution in [0.1, 0.15) is 75.5 Å². The first kappa shape index (κ1) is 27.2. The van der Waals surface area contributed by atoms with Gasteiger partial charge in [-0.05, 0) is 59.2 Å². The average molecular weight is 528 g/mol. The summed E-state index contributed by atoms with van der Waals surface area (Å²) in [7, 11) is 0. The molecule has 0 spiro atoms. The number of fused-ring (bicyclic) bond motifs is 2. The van der Waals surface area contributed by atoms with Gasteiger partial charge in [-0.3, -0.25) is 0 Å². The highest BCUT2D eigenvalue weighted by Gasteiger charge is 2.40. The maximum Gasteiger partial charge on any atom is 0.407 e. The quantitative estimate of drug-likeness (QED) is 0.401. The Balaban J connectivity index is 1.55. The minimum Gasteiger partial charge on any atom is -0.484 e. The van der Waals surface area contributed by atoms with Gasteiger partial charge < -0.3 is 24.8 Å². The van der Waals surface area contributed by atoms with Crippen molar-refractivity contribution in [1.82, 2.24) is 19.9 Å². The zero-order valence-electron chi connectivity index (χ0n) is 22.6. The highest BCUT2D eigenvalue weighted by molar-refractivity contribution is 5.95. The van der Waals surface area contributed by atoms with Gasteiger partial charge in [-0.1, -0.05) is 6.92 Å². The number of esters is 1. The lowest BCUT2D eigenvalue weighted by atomic mass is 9.93. The third-order valence-electron chi connectivity index (χ3n) is 6.28. The minimum absolute atomic E-state index is 0.214. The smallest absolute Gasteiger partial charge is 0.407 e. The van der Waals surface area contributed by atoms with Crippen molar-refractivity contribution >= 4 is 23.5 Å². The number of carbonyl (C=O) groups excluding carboxylic acids is 2. The number of rotatable bonds is 8. The van der Waals surface area contributed by atoms with Crippen LogP contribution in [-0.4, -0.2) is 51.0 Å². The zero-order valence-corrected chi connectivity index (χ0v) is 22.6. The first-order valence-corrected chi connectivity index (χ1v) is 12.7. The molecule has 2 aromatic heterocycles. The third-order valence-corrected chi connectivity index (χ3v) is 6.28. The number of hydrogen-bond donors (Lipinski definition) is 2. The summed E-state index contributed by atoms with van der Waals surface area (Å²) in [5, 5.41) is 10.2. The van der Waals surface area contributed by atoms with Gasteiger partial charge in [-0.2, -0.15) is 5.10 Å². The number of ether oxygens (including phenoxy) is 3. The van der Waals surface area contributed by atoms with E-state index in [1.807, 2.05) is 13.8 Å². The summed E-state index contributed by atoms with van der Waals surface area (Å²) >= 11 is 0. The van der Waals surface area contributed by atoms with Gasteiger partial charge >= 0.3 is 12.1 Å². The number of carbonyl (C=O) groups is 2. The molecule has 1 unspecified atom stereocenters. The van der Waals surface area contributed by atoms with Crippen molar-refractivity contribution in [2.45, 2.75) is 71.6 Å². The van der Waals surface area contributed by atoms with Crippen molar-refractivity contribution in [2.24, 2.45) is 0 Å². The number of amides is 1. The molecule has 4 rings (SSSR count). The second-order valence-corrected chi connectivity index (χ2v) is 10.4. The number of anilines is 1. The fraction of sp³-hybridized carbons (Fsp3) is 0.481. The fourth-order valence-corrected chi connectivity index (χ4v) is 4.42. The van der Waals surface area contributed by atoms with Gasteiger partial charge in [0.25, 0.3) is 0 Å². The Morgan fingerprint density at radius 2 is 2.05 bits per heavy atom. The number of hydrogen-bond acceptors (Lipinski definition) is 8. The molecule has 1 aliphatic heterocycles. The topological polar surface area (TPSA) is 116 Å². The molecule has 11 heteroatoms. The molecule has 2 N–H and O–H groups in total. The Morgan fingerprint density at radius 1 is 1.29 bits per heavy atom. The van der Waals surface area contributed by atoms with Crippen molar-refractivity contribution in [1.29, 1.82) is 0 Å². The van der Waals surface area contributed by atoms with Crippen molar-refractivity contribution in [3.8, 4) is 5.75 Å². The van der Waals surface area contributed by atoms with Gasteiger partial charge in [-0.25, -0.2) is 23.5 Å². The molecule has 0 saturated carbocycles. The maximum atomic E-state index is 14.7. The normalized spacial score (nSPS) is 17.4. The average Bonchev–Trinajstić information content (AvgIpc) is 3.43. The molecule has 2 atom stereocenters. The van der Waals surface area contributed by atoms with E-state index in [1.165, 1.54) is 22.8 Å². The Bertz CT molecular complexity index is 1350. The van der Waals surface area contributed by atoms with Crippen molar-refractivity contribution in [2.75, 3.05) is 18.5 Å². The van der Waals surface area contributed by atoms with Gasteiger partial charge in [0, 0.05) is 23.7 Å². The highest BCUT2D eigenvalue weighted by Crippen LogP contribution is 2.42. The van der Waals surface area contributed by atoms with Gasteiger partial charge in [0.05, 0.1) is 25.4 Å². The Kier molecular flexibility index (Phi) is 7.48. The lowest BCUT2D eigenvalue weighted by Gasteiger charge is -2.29. The molecular formula is C27H34FN5O5. The molecule has 0 radical (unpaired) electrons. The lowest BCUT2D eigenvalue weighted by molar-refractivity contribution is 0.0411. The maximum absolute atomic E-state index is 14.7. The molecule has 1 aromatic carbocycles. The zero-order chi connectivity index (χ0) is 27.7. The highest BCUT2D eigenvalue weighted by atomic mass is 19.1. The standard InChI is InChI=1S/C27H34FN5O5/c1-7-27(15-29-25(35)38-26(4,5)6)13-17-11-18(28)12-19(22(17)37-27)16(3)31-21-9-10-33-23(32-21)20(14-30-33)24(34)36-8-2/h9-12,14,16H,7-8,13,15H2,1-6H3,(H,29,35)(H,31,32)/t16-,27?/m1/s1. The summed E-state index contributed by atoms with van der Waals surface area (Å²) in [5.74, 6) is 0.163. The summed E-state index contributed by atoms with van der Waals surface area (Å²) in [6.45, 7) is 11.4. The van der Waals surface area contributed by atoms with Crippen LogP contribution in [0.3, 0.4) is 0 Å². The van der Waals surface area contributed by atoms with Gasteiger partial charge in [0.2, 0.25) is 0 Å². The van der Waals surface area contributed by atoms with Gasteiger partial charge in [0.15, 0.2) is 5.65 Å². The summed E-state index contributed by atoms with van der Waals surface area (Å²) in [4.78, 5) is 29.1. The second kappa shape index (κ2) is 10.5. The number of alkyl carbamates (subject to hydrolysis) is 1. The molecule has 1 amide bonds. The van der Waals surface area contributed by atoms with E-state index >= 15 is 0 Å². The Hall–Kier alpha value is -3.89. The number of benzene rings is 1.